The molecule has 0 radical (unpaired) electrons. The van der Waals surface area contributed by atoms with Crippen molar-refractivity contribution in [1.82, 2.24) is 15.3 Å². The molecule has 2 N–H and O–H groups in total. The van der Waals surface area contributed by atoms with E-state index in [0.29, 0.717) is 29.0 Å². The van der Waals surface area contributed by atoms with E-state index < -0.39 is 0 Å². The van der Waals surface area contributed by atoms with Crippen LogP contribution in [0.3, 0.4) is 0 Å². The Morgan fingerprint density at radius 1 is 0.944 bits per heavy atom. The van der Waals surface area contributed by atoms with Crippen LogP contribution in [-0.4, -0.2) is 37.3 Å². The van der Waals surface area contributed by atoms with Gasteiger partial charge in [-0.25, -0.2) is 9.97 Å². The molecule has 7 nitrogen and oxygen atoms in total. The van der Waals surface area contributed by atoms with Gasteiger partial charge in [0.1, 0.15) is 23.6 Å². The highest BCUT2D eigenvalue weighted by atomic mass is 16.5. The molecule has 0 saturated carbocycles. The Morgan fingerprint density at radius 3 is 2.58 bits per heavy atom. The van der Waals surface area contributed by atoms with Gasteiger partial charge < -0.3 is 24.8 Å². The number of benzene rings is 3. The van der Waals surface area contributed by atoms with E-state index in [0.717, 1.165) is 53.8 Å². The van der Waals surface area contributed by atoms with Crippen molar-refractivity contribution in [2.45, 2.75) is 12.8 Å². The fourth-order valence-electron chi connectivity index (χ4n) is 4.19. The molecule has 1 aromatic heterocycles. The molecule has 36 heavy (non-hydrogen) atoms. The van der Waals surface area contributed by atoms with Gasteiger partial charge in [0.25, 0.3) is 0 Å². The lowest BCUT2D eigenvalue weighted by atomic mass is 9.99. The zero-order valence-corrected chi connectivity index (χ0v) is 20.4. The highest BCUT2D eigenvalue weighted by molar-refractivity contribution is 5.93. The number of anilines is 2. The van der Waals surface area contributed by atoms with E-state index in [-0.39, 0.29) is 0 Å². The van der Waals surface area contributed by atoms with Crippen LogP contribution in [0.2, 0.25) is 0 Å². The van der Waals surface area contributed by atoms with Crippen LogP contribution in [-0.2, 0) is 0 Å². The number of ether oxygens (including phenoxy) is 3. The molecule has 0 bridgehead atoms. The fourth-order valence-corrected chi connectivity index (χ4v) is 4.19. The van der Waals surface area contributed by atoms with Crippen molar-refractivity contribution >= 4 is 22.4 Å². The average Bonchev–Trinajstić information content (AvgIpc) is 2.93. The Kier molecular flexibility index (Phi) is 7.15. The minimum Gasteiger partial charge on any atom is -0.495 e. The maximum absolute atomic E-state index is 5.98. The third-order valence-corrected chi connectivity index (χ3v) is 6.06. The van der Waals surface area contributed by atoms with Crippen molar-refractivity contribution in [3.8, 4) is 34.8 Å². The van der Waals surface area contributed by atoms with Gasteiger partial charge in [-0.2, -0.15) is 0 Å². The SMILES string of the molecule is COc1cc2ncnc(Nc3ccc(Oc4ccccc4)c(OC)c3)c2cc1C#CC1CCCNC1. The third kappa shape index (κ3) is 5.35. The summed E-state index contributed by atoms with van der Waals surface area (Å²) in [6.07, 6.45) is 3.79. The molecule has 182 valence electrons. The first-order valence-corrected chi connectivity index (χ1v) is 12.0. The molecule has 2 heterocycles. The monoisotopic (exact) mass is 480 g/mol. The van der Waals surface area contributed by atoms with Crippen LogP contribution >= 0.6 is 0 Å². The maximum Gasteiger partial charge on any atom is 0.169 e. The standard InChI is InChI=1S/C29H28N4O3/c1-34-27-17-25-24(15-21(27)11-10-20-7-6-14-30-18-20)29(32-19-31-25)33-22-12-13-26(28(16-22)35-2)36-23-8-4-3-5-9-23/h3-5,8-9,12-13,15-17,19-20,30H,6-7,14,18H2,1-2H3,(H,31,32,33). The largest absolute Gasteiger partial charge is 0.495 e. The zero-order valence-electron chi connectivity index (χ0n) is 20.4. The Morgan fingerprint density at radius 2 is 1.81 bits per heavy atom. The first-order valence-electron chi connectivity index (χ1n) is 12.0. The van der Waals surface area contributed by atoms with E-state index in [9.17, 15) is 0 Å². The number of hydrogen-bond acceptors (Lipinski definition) is 7. The molecular formula is C29H28N4O3. The first-order chi connectivity index (χ1) is 17.7. The molecule has 3 aromatic carbocycles. The predicted octanol–water partition coefficient (Wildman–Crippen LogP) is 5.53. The lowest BCUT2D eigenvalue weighted by molar-refractivity contribution is 0.379. The number of nitrogens with one attached hydrogen (secondary N) is 2. The van der Waals surface area contributed by atoms with Crippen LogP contribution in [0.1, 0.15) is 18.4 Å². The summed E-state index contributed by atoms with van der Waals surface area (Å²) in [6.45, 7) is 1.98. The van der Waals surface area contributed by atoms with E-state index in [1.165, 1.54) is 6.33 Å². The predicted molar refractivity (Wildman–Crippen MR) is 141 cm³/mol. The van der Waals surface area contributed by atoms with Crippen molar-refractivity contribution in [3.05, 3.63) is 72.6 Å². The van der Waals surface area contributed by atoms with Crippen LogP contribution in [0.25, 0.3) is 10.9 Å². The van der Waals surface area contributed by atoms with Crippen molar-refractivity contribution in [2.24, 2.45) is 5.92 Å². The Bertz CT molecular complexity index is 1410. The van der Waals surface area contributed by atoms with Crippen LogP contribution in [0.4, 0.5) is 11.5 Å². The van der Waals surface area contributed by atoms with Crippen LogP contribution in [0, 0.1) is 17.8 Å². The molecule has 1 fully saturated rings. The number of fused-ring (bicyclic) bond motifs is 1. The number of para-hydroxylation sites is 1. The van der Waals surface area contributed by atoms with Gasteiger partial charge in [0.05, 0.1) is 25.3 Å². The van der Waals surface area contributed by atoms with E-state index >= 15 is 0 Å². The summed E-state index contributed by atoms with van der Waals surface area (Å²) in [4.78, 5) is 8.95. The second-order valence-electron chi connectivity index (χ2n) is 8.51. The molecule has 1 saturated heterocycles. The molecule has 1 aliphatic heterocycles. The summed E-state index contributed by atoms with van der Waals surface area (Å²) >= 11 is 0. The molecule has 1 unspecified atom stereocenters. The summed E-state index contributed by atoms with van der Waals surface area (Å²) in [5, 5.41) is 7.66. The second kappa shape index (κ2) is 11.0. The lowest BCUT2D eigenvalue weighted by Gasteiger charge is -2.17. The first kappa shape index (κ1) is 23.5. The van der Waals surface area contributed by atoms with Gasteiger partial charge in [0.2, 0.25) is 0 Å². The normalized spacial score (nSPS) is 15.0. The molecule has 1 aliphatic rings. The topological polar surface area (TPSA) is 77.5 Å². The molecule has 1 atom stereocenters. The van der Waals surface area contributed by atoms with Gasteiger partial charge >= 0.3 is 0 Å². The number of nitrogens with zero attached hydrogens (tertiary/aromatic N) is 2. The Hall–Kier alpha value is -4.28. The highest BCUT2D eigenvalue weighted by Gasteiger charge is 2.13. The number of methoxy groups -OCH3 is 2. The van der Waals surface area contributed by atoms with Crippen LogP contribution in [0.5, 0.6) is 23.0 Å². The van der Waals surface area contributed by atoms with Crippen molar-refractivity contribution in [2.75, 3.05) is 32.6 Å². The number of rotatable bonds is 6. The van der Waals surface area contributed by atoms with Crippen molar-refractivity contribution in [3.63, 3.8) is 0 Å². The van der Waals surface area contributed by atoms with Gasteiger partial charge in [-0.3, -0.25) is 0 Å². The minimum atomic E-state index is 0.341. The molecule has 0 amide bonds. The van der Waals surface area contributed by atoms with Gasteiger partial charge in [0, 0.05) is 35.7 Å². The fraction of sp³-hybridized carbons (Fsp3) is 0.241. The smallest absolute Gasteiger partial charge is 0.169 e. The molecular weight excluding hydrogens is 452 g/mol. The van der Waals surface area contributed by atoms with Gasteiger partial charge in [-0.05, 0) is 49.7 Å². The van der Waals surface area contributed by atoms with E-state index in [1.807, 2.05) is 60.7 Å². The lowest BCUT2D eigenvalue weighted by Crippen LogP contribution is -2.28. The van der Waals surface area contributed by atoms with E-state index in [1.54, 1.807) is 14.2 Å². The number of hydrogen-bond donors (Lipinski definition) is 2. The third-order valence-electron chi connectivity index (χ3n) is 6.06. The summed E-state index contributed by atoms with van der Waals surface area (Å²) in [5.74, 6) is 10.4. The average molecular weight is 481 g/mol. The van der Waals surface area contributed by atoms with Crippen LogP contribution in [0.15, 0.2) is 67.0 Å². The van der Waals surface area contributed by atoms with Crippen molar-refractivity contribution in [1.29, 1.82) is 0 Å². The molecule has 7 heteroatoms. The molecule has 4 aromatic rings. The van der Waals surface area contributed by atoms with Gasteiger partial charge in [-0.1, -0.05) is 30.0 Å². The van der Waals surface area contributed by atoms with E-state index in [4.69, 9.17) is 14.2 Å². The zero-order chi connectivity index (χ0) is 24.7. The Balaban J connectivity index is 1.45. The summed E-state index contributed by atoms with van der Waals surface area (Å²) in [5.41, 5.74) is 2.40. The number of piperidine rings is 1. The highest BCUT2D eigenvalue weighted by Crippen LogP contribution is 2.36. The van der Waals surface area contributed by atoms with Gasteiger partial charge in [-0.15, -0.1) is 0 Å². The Labute approximate surface area is 210 Å². The summed E-state index contributed by atoms with van der Waals surface area (Å²) in [7, 11) is 3.27. The molecule has 5 rings (SSSR count). The summed E-state index contributed by atoms with van der Waals surface area (Å²) < 4.78 is 17.2. The quantitative estimate of drug-likeness (QED) is 0.351. The maximum atomic E-state index is 5.98. The minimum absolute atomic E-state index is 0.341. The summed E-state index contributed by atoms with van der Waals surface area (Å²) in [6, 6.07) is 19.2. The van der Waals surface area contributed by atoms with Crippen LogP contribution < -0.4 is 24.8 Å². The molecule has 0 spiro atoms. The molecule has 0 aliphatic carbocycles. The van der Waals surface area contributed by atoms with E-state index in [2.05, 4.69) is 32.4 Å². The number of aromatic nitrogens is 2. The second-order valence-corrected chi connectivity index (χ2v) is 8.51. The van der Waals surface area contributed by atoms with Crippen molar-refractivity contribution < 1.29 is 14.2 Å². The van der Waals surface area contributed by atoms with Gasteiger partial charge in [0.15, 0.2) is 11.5 Å².